The van der Waals surface area contributed by atoms with Gasteiger partial charge in [-0.05, 0) is 82.4 Å². The quantitative estimate of drug-likeness (QED) is 0.814. The first kappa shape index (κ1) is 20.8. The number of nitrogens with zero attached hydrogens (tertiary/aromatic N) is 3. The summed E-state index contributed by atoms with van der Waals surface area (Å²) in [6, 6.07) is 7.07. The molecular formula is C25H36N4O2. The zero-order valence-corrected chi connectivity index (χ0v) is 18.8. The van der Waals surface area contributed by atoms with Crippen LogP contribution in [-0.4, -0.2) is 57.5 Å². The summed E-state index contributed by atoms with van der Waals surface area (Å²) in [7, 11) is 0. The Bertz CT molecular complexity index is 971. The van der Waals surface area contributed by atoms with Gasteiger partial charge in [0.2, 0.25) is 5.91 Å². The molecule has 2 aliphatic heterocycles. The number of hydrogen-bond acceptors (Lipinski definition) is 3. The van der Waals surface area contributed by atoms with E-state index in [1.54, 1.807) is 0 Å². The van der Waals surface area contributed by atoms with Gasteiger partial charge < -0.3 is 14.8 Å². The summed E-state index contributed by atoms with van der Waals surface area (Å²) < 4.78 is 1.99. The van der Waals surface area contributed by atoms with Crippen LogP contribution in [0.3, 0.4) is 0 Å². The number of piperidine rings is 2. The molecule has 1 amide bonds. The number of imidazole rings is 1. The van der Waals surface area contributed by atoms with Gasteiger partial charge >= 0.3 is 5.69 Å². The molecule has 0 spiro atoms. The minimum atomic E-state index is 0.0239. The van der Waals surface area contributed by atoms with E-state index in [2.05, 4.69) is 33.8 Å². The Morgan fingerprint density at radius 2 is 1.61 bits per heavy atom. The van der Waals surface area contributed by atoms with Crippen molar-refractivity contribution in [1.29, 1.82) is 0 Å². The van der Waals surface area contributed by atoms with E-state index in [-0.39, 0.29) is 17.6 Å². The molecule has 6 nitrogen and oxygen atoms in total. The van der Waals surface area contributed by atoms with Gasteiger partial charge in [-0.25, -0.2) is 4.79 Å². The van der Waals surface area contributed by atoms with Crippen LogP contribution in [-0.2, 0) is 4.79 Å². The molecule has 0 bridgehead atoms. The Morgan fingerprint density at radius 1 is 0.903 bits per heavy atom. The molecule has 1 N–H and O–H groups in total. The van der Waals surface area contributed by atoms with Gasteiger partial charge in [0.1, 0.15) is 0 Å². The molecule has 0 radical (unpaired) electrons. The van der Waals surface area contributed by atoms with E-state index in [1.165, 1.54) is 24.8 Å². The molecule has 0 unspecified atom stereocenters. The van der Waals surface area contributed by atoms with Crippen molar-refractivity contribution in [2.24, 2.45) is 5.92 Å². The number of likely N-dealkylation sites (tertiary alicyclic amines) is 2. The number of carbonyl (C=O) groups is 1. The third-order valence-electron chi connectivity index (χ3n) is 7.97. The van der Waals surface area contributed by atoms with E-state index in [0.29, 0.717) is 11.9 Å². The zero-order valence-electron chi connectivity index (χ0n) is 18.8. The summed E-state index contributed by atoms with van der Waals surface area (Å²) >= 11 is 0. The molecule has 5 rings (SSSR count). The molecule has 1 aromatic heterocycles. The summed E-state index contributed by atoms with van der Waals surface area (Å²) in [6.45, 7) is 6.12. The van der Waals surface area contributed by atoms with Crippen molar-refractivity contribution in [3.8, 4) is 0 Å². The fourth-order valence-corrected chi connectivity index (χ4v) is 6.16. The van der Waals surface area contributed by atoms with Gasteiger partial charge in [0.25, 0.3) is 0 Å². The van der Waals surface area contributed by atoms with Gasteiger partial charge in [-0.15, -0.1) is 0 Å². The van der Waals surface area contributed by atoms with E-state index < -0.39 is 0 Å². The monoisotopic (exact) mass is 424 g/mol. The maximum Gasteiger partial charge on any atom is 0.326 e. The van der Waals surface area contributed by atoms with Crippen LogP contribution in [0.5, 0.6) is 0 Å². The van der Waals surface area contributed by atoms with Crippen LogP contribution in [0.25, 0.3) is 11.0 Å². The van der Waals surface area contributed by atoms with Gasteiger partial charge in [0.15, 0.2) is 0 Å². The molecule has 2 aromatic rings. The number of benzene rings is 1. The number of rotatable bonds is 3. The van der Waals surface area contributed by atoms with E-state index in [9.17, 15) is 9.59 Å². The first-order valence-electron chi connectivity index (χ1n) is 12.3. The topological polar surface area (TPSA) is 61.3 Å². The second-order valence-corrected chi connectivity index (χ2v) is 9.98. The Kier molecular flexibility index (Phi) is 5.91. The lowest BCUT2D eigenvalue weighted by molar-refractivity contribution is -0.137. The highest BCUT2D eigenvalue weighted by atomic mass is 16.2. The molecule has 31 heavy (non-hydrogen) atoms. The minimum Gasteiger partial charge on any atom is -0.342 e. The molecule has 6 heteroatoms. The third kappa shape index (κ3) is 4.19. The average molecular weight is 425 g/mol. The van der Waals surface area contributed by atoms with Crippen LogP contribution < -0.4 is 5.69 Å². The van der Waals surface area contributed by atoms with Crippen LogP contribution in [0.4, 0.5) is 0 Å². The first-order valence-corrected chi connectivity index (χ1v) is 12.3. The molecule has 168 valence electrons. The molecule has 0 atom stereocenters. The smallest absolute Gasteiger partial charge is 0.326 e. The summed E-state index contributed by atoms with van der Waals surface area (Å²) in [6.07, 6.45) is 10.0. The van der Waals surface area contributed by atoms with Gasteiger partial charge in [-0.2, -0.15) is 0 Å². The fourth-order valence-electron chi connectivity index (χ4n) is 6.16. The minimum absolute atomic E-state index is 0.0239. The summed E-state index contributed by atoms with van der Waals surface area (Å²) in [5.74, 6) is 0.672. The highest BCUT2D eigenvalue weighted by Gasteiger charge is 2.34. The summed E-state index contributed by atoms with van der Waals surface area (Å²) in [4.78, 5) is 33.3. The van der Waals surface area contributed by atoms with Gasteiger partial charge in [-0.3, -0.25) is 9.36 Å². The predicted octanol–water partition coefficient (Wildman–Crippen LogP) is 3.85. The van der Waals surface area contributed by atoms with Crippen molar-refractivity contribution >= 4 is 16.9 Å². The van der Waals surface area contributed by atoms with Crippen molar-refractivity contribution in [1.82, 2.24) is 19.4 Å². The number of fused-ring (bicyclic) bond motifs is 1. The molecule has 1 aromatic carbocycles. The molecule has 2 saturated heterocycles. The number of hydrogen-bond donors (Lipinski definition) is 1. The Hall–Kier alpha value is -2.08. The SMILES string of the molecule is Cc1ccc2[nH]c(=O)n(C3CCN([C@H]4CC[C@H](C(=O)N5CCCCC5)CC4)CC3)c2c1. The van der Waals surface area contributed by atoms with Crippen LogP contribution >= 0.6 is 0 Å². The molecule has 1 saturated carbocycles. The van der Waals surface area contributed by atoms with Crippen LogP contribution in [0.15, 0.2) is 23.0 Å². The van der Waals surface area contributed by atoms with Crippen molar-refractivity contribution in [3.63, 3.8) is 0 Å². The number of nitrogens with one attached hydrogen (secondary N) is 1. The maximum absolute atomic E-state index is 12.9. The lowest BCUT2D eigenvalue weighted by Crippen LogP contribution is -2.46. The van der Waals surface area contributed by atoms with Crippen molar-refractivity contribution < 1.29 is 4.79 Å². The molecular weight excluding hydrogens is 388 g/mol. The Balaban J connectivity index is 1.17. The lowest BCUT2D eigenvalue weighted by Gasteiger charge is -2.41. The number of amides is 1. The van der Waals surface area contributed by atoms with Gasteiger partial charge in [0.05, 0.1) is 11.0 Å². The Labute approximate surface area is 184 Å². The highest BCUT2D eigenvalue weighted by molar-refractivity contribution is 5.79. The summed E-state index contributed by atoms with van der Waals surface area (Å²) in [5.41, 5.74) is 3.19. The van der Waals surface area contributed by atoms with Gasteiger partial charge in [-0.1, -0.05) is 6.07 Å². The van der Waals surface area contributed by atoms with Crippen LogP contribution in [0.2, 0.25) is 0 Å². The second kappa shape index (κ2) is 8.81. The van der Waals surface area contributed by atoms with Gasteiger partial charge in [0, 0.05) is 44.2 Å². The van der Waals surface area contributed by atoms with E-state index in [4.69, 9.17) is 0 Å². The largest absolute Gasteiger partial charge is 0.342 e. The van der Waals surface area contributed by atoms with E-state index in [1.807, 2.05) is 10.6 Å². The number of aromatic nitrogens is 2. The number of H-pyrrole nitrogens is 1. The highest BCUT2D eigenvalue weighted by Crippen LogP contribution is 2.33. The standard InChI is InChI=1S/C25H36N4O2/c1-18-5-10-22-23(17-18)29(25(31)26-22)21-11-15-27(16-12-21)20-8-6-19(7-9-20)24(30)28-13-3-2-4-14-28/h5,10,17,19-21H,2-4,6-9,11-16H2,1H3,(H,26,31)/t19-,20-. The van der Waals surface area contributed by atoms with Crippen molar-refractivity contribution in [2.45, 2.75) is 76.8 Å². The number of carbonyl (C=O) groups excluding carboxylic acids is 1. The normalized spacial score (nSPS) is 26.4. The lowest BCUT2D eigenvalue weighted by atomic mass is 9.83. The fraction of sp³-hybridized carbons (Fsp3) is 0.680. The average Bonchev–Trinajstić information content (AvgIpc) is 3.14. The first-order chi connectivity index (χ1) is 15.1. The molecule has 3 fully saturated rings. The molecule has 3 heterocycles. The van der Waals surface area contributed by atoms with E-state index >= 15 is 0 Å². The summed E-state index contributed by atoms with van der Waals surface area (Å²) in [5, 5.41) is 0. The zero-order chi connectivity index (χ0) is 21.4. The van der Waals surface area contributed by atoms with Crippen LogP contribution in [0.1, 0.15) is 69.4 Å². The Morgan fingerprint density at radius 3 is 2.32 bits per heavy atom. The maximum atomic E-state index is 12.9. The van der Waals surface area contributed by atoms with Crippen molar-refractivity contribution in [2.75, 3.05) is 26.2 Å². The molecule has 1 aliphatic carbocycles. The number of aromatic amines is 1. The van der Waals surface area contributed by atoms with Crippen LogP contribution in [0, 0.1) is 12.8 Å². The second-order valence-electron chi connectivity index (χ2n) is 9.98. The third-order valence-corrected chi connectivity index (χ3v) is 7.97. The number of aryl methyl sites for hydroxylation is 1. The van der Waals surface area contributed by atoms with Crippen molar-refractivity contribution in [3.05, 3.63) is 34.2 Å². The molecule has 3 aliphatic rings. The van der Waals surface area contributed by atoms with E-state index in [0.717, 1.165) is 75.7 Å². The predicted molar refractivity (Wildman–Crippen MR) is 123 cm³/mol.